The molecule has 0 aliphatic carbocycles. The highest BCUT2D eigenvalue weighted by Gasteiger charge is 2.25. The fourth-order valence-corrected chi connectivity index (χ4v) is 14.6. The number of benzene rings is 11. The Morgan fingerprint density at radius 3 is 0.924 bits per heavy atom. The lowest BCUT2D eigenvalue weighted by Crippen LogP contribution is -2.03. The highest BCUT2D eigenvalue weighted by Crippen LogP contribution is 2.46. The summed E-state index contributed by atoms with van der Waals surface area (Å²) in [6.45, 7) is 8.68. The molecule has 8 heteroatoms. The van der Waals surface area contributed by atoms with Gasteiger partial charge in [-0.05, 0) is 131 Å². The van der Waals surface area contributed by atoms with E-state index in [4.69, 9.17) is 19.9 Å². The van der Waals surface area contributed by atoms with Gasteiger partial charge < -0.3 is 18.3 Å². The molecule has 11 aromatic carbocycles. The second-order valence-electron chi connectivity index (χ2n) is 24.6. The summed E-state index contributed by atoms with van der Waals surface area (Å²) in [5, 5.41) is 9.59. The Balaban J connectivity index is 0.891. The van der Waals surface area contributed by atoms with Crippen molar-refractivity contribution in [1.29, 1.82) is 0 Å². The zero-order valence-corrected chi connectivity index (χ0v) is 51.1. The van der Waals surface area contributed by atoms with Gasteiger partial charge in [0.25, 0.3) is 0 Å². The largest absolute Gasteiger partial charge is 0.309 e. The van der Waals surface area contributed by atoms with E-state index in [1.54, 1.807) is 0 Å². The molecule has 0 saturated carbocycles. The maximum absolute atomic E-state index is 5.57. The first kappa shape index (κ1) is 53.1. The number of nitrogens with zero attached hydrogens (tertiary/aromatic N) is 8. The zero-order valence-electron chi connectivity index (χ0n) is 51.1. The summed E-state index contributed by atoms with van der Waals surface area (Å²) in [6, 6.07) is 92.9. The highest BCUT2D eigenvalue weighted by molar-refractivity contribution is 6.14. The summed E-state index contributed by atoms with van der Waals surface area (Å²) < 4.78 is 9.69. The first-order valence-electron chi connectivity index (χ1n) is 31.4. The third kappa shape index (κ3) is 8.30. The zero-order chi connectivity index (χ0) is 61.3. The highest BCUT2D eigenvalue weighted by atomic mass is 15.0. The predicted octanol–water partition coefficient (Wildman–Crippen LogP) is 21.2. The van der Waals surface area contributed by atoms with Crippen LogP contribution in [0.4, 0.5) is 0 Å². The van der Waals surface area contributed by atoms with Gasteiger partial charge in [-0.2, -0.15) is 0 Å². The lowest BCUT2D eigenvalue weighted by Gasteiger charge is -2.20. The number of hydrogen-bond donors (Lipinski definition) is 0. The molecule has 0 unspecified atom stereocenters. The third-order valence-electron chi connectivity index (χ3n) is 18.8. The van der Waals surface area contributed by atoms with Crippen molar-refractivity contribution in [3.05, 3.63) is 302 Å². The Morgan fingerprint density at radius 2 is 0.554 bits per heavy atom. The van der Waals surface area contributed by atoms with E-state index >= 15 is 0 Å². The van der Waals surface area contributed by atoms with Gasteiger partial charge in [0.1, 0.15) is 0 Å². The fraction of sp³-hybridized carbons (Fsp3) is 0.0476. The van der Waals surface area contributed by atoms with Crippen LogP contribution in [0.1, 0.15) is 22.3 Å². The molecule has 0 aliphatic rings. The van der Waals surface area contributed by atoms with Crippen LogP contribution in [-0.4, -0.2) is 38.2 Å². The van der Waals surface area contributed by atoms with Crippen molar-refractivity contribution in [3.8, 4) is 78.9 Å². The molecule has 434 valence electrons. The number of para-hydroxylation sites is 4. The molecule has 0 aliphatic heterocycles. The van der Waals surface area contributed by atoms with Crippen LogP contribution in [0.15, 0.2) is 280 Å². The molecule has 7 aromatic heterocycles. The van der Waals surface area contributed by atoms with Gasteiger partial charge in [0.15, 0.2) is 5.82 Å². The van der Waals surface area contributed by atoms with E-state index in [1.165, 1.54) is 65.3 Å². The lowest BCUT2D eigenvalue weighted by atomic mass is 9.97. The molecule has 0 spiro atoms. The summed E-state index contributed by atoms with van der Waals surface area (Å²) >= 11 is 0. The van der Waals surface area contributed by atoms with E-state index in [0.717, 1.165) is 117 Å². The SMILES string of the molecule is Cc1ccc2c(c1)c1ccccc1n2-c1cnccc1-c1ccc(-c2cc(-c3ccc(-c4ccncc4-n4c5ccccc5c5cc(C)ccc54)c(-n4c5ccccc5c5cc(C)ccc54)c3)nc(-c3ccccc3)n2)cc1-n1c2ccccc2c2cc(C)ccc21. The number of fused-ring (bicyclic) bond motifs is 12. The average molecular weight is 1180 g/mol. The van der Waals surface area contributed by atoms with Crippen LogP contribution in [0.25, 0.3) is 166 Å². The van der Waals surface area contributed by atoms with E-state index in [2.05, 4.69) is 295 Å². The van der Waals surface area contributed by atoms with Gasteiger partial charge in [-0.15, -0.1) is 0 Å². The van der Waals surface area contributed by atoms with Crippen LogP contribution < -0.4 is 0 Å². The predicted molar refractivity (Wildman–Crippen MR) is 381 cm³/mol. The Kier molecular flexibility index (Phi) is 12.0. The molecule has 0 atom stereocenters. The van der Waals surface area contributed by atoms with Crippen LogP contribution in [0, 0.1) is 27.7 Å². The molecule has 92 heavy (non-hydrogen) atoms. The minimum absolute atomic E-state index is 0.630. The first-order chi connectivity index (χ1) is 45.3. The van der Waals surface area contributed by atoms with Crippen LogP contribution in [0.2, 0.25) is 0 Å². The van der Waals surface area contributed by atoms with E-state index in [1.807, 2.05) is 30.9 Å². The molecule has 0 fully saturated rings. The van der Waals surface area contributed by atoms with Gasteiger partial charge >= 0.3 is 0 Å². The van der Waals surface area contributed by atoms with E-state index in [9.17, 15) is 0 Å². The number of aromatic nitrogens is 8. The van der Waals surface area contributed by atoms with E-state index in [0.29, 0.717) is 5.82 Å². The van der Waals surface area contributed by atoms with Gasteiger partial charge in [0.05, 0.1) is 90.7 Å². The summed E-state index contributed by atoms with van der Waals surface area (Å²) in [6.07, 6.45) is 7.90. The maximum Gasteiger partial charge on any atom is 0.160 e. The molecule has 0 radical (unpaired) electrons. The topological polar surface area (TPSA) is 71.3 Å². The summed E-state index contributed by atoms with van der Waals surface area (Å²) in [4.78, 5) is 20.9. The number of hydrogen-bond acceptors (Lipinski definition) is 4. The Hall–Kier alpha value is -12.0. The van der Waals surface area contributed by atoms with Crippen molar-refractivity contribution in [2.45, 2.75) is 27.7 Å². The van der Waals surface area contributed by atoms with Crippen molar-refractivity contribution in [3.63, 3.8) is 0 Å². The van der Waals surface area contributed by atoms with Crippen LogP contribution in [0.5, 0.6) is 0 Å². The van der Waals surface area contributed by atoms with Gasteiger partial charge in [0.2, 0.25) is 0 Å². The molecular weight excluding hydrogens is 1120 g/mol. The fourth-order valence-electron chi connectivity index (χ4n) is 14.6. The minimum atomic E-state index is 0.630. The molecule has 7 heterocycles. The van der Waals surface area contributed by atoms with Crippen molar-refractivity contribution in [1.82, 2.24) is 38.2 Å². The summed E-state index contributed by atoms with van der Waals surface area (Å²) in [5.74, 6) is 0.630. The van der Waals surface area contributed by atoms with Gasteiger partial charge in [-0.3, -0.25) is 9.97 Å². The molecule has 0 saturated heterocycles. The molecule has 0 amide bonds. The summed E-state index contributed by atoms with van der Waals surface area (Å²) in [7, 11) is 0. The second-order valence-corrected chi connectivity index (χ2v) is 24.6. The van der Waals surface area contributed by atoms with Crippen molar-refractivity contribution in [2.24, 2.45) is 0 Å². The monoisotopic (exact) mass is 1180 g/mol. The smallest absolute Gasteiger partial charge is 0.160 e. The number of aryl methyl sites for hydroxylation is 4. The molecule has 0 N–H and O–H groups in total. The van der Waals surface area contributed by atoms with Gasteiger partial charge in [-0.25, -0.2) is 9.97 Å². The van der Waals surface area contributed by atoms with Crippen molar-refractivity contribution < 1.29 is 0 Å². The van der Waals surface area contributed by atoms with Crippen LogP contribution >= 0.6 is 0 Å². The Morgan fingerprint density at radius 1 is 0.239 bits per heavy atom. The number of rotatable bonds is 9. The van der Waals surface area contributed by atoms with Crippen LogP contribution in [-0.2, 0) is 0 Å². The third-order valence-corrected chi connectivity index (χ3v) is 18.8. The molecule has 0 bridgehead atoms. The van der Waals surface area contributed by atoms with E-state index in [-0.39, 0.29) is 0 Å². The lowest BCUT2D eigenvalue weighted by molar-refractivity contribution is 1.13. The molecular formula is C84H58N8. The quantitative estimate of drug-likeness (QED) is 0.144. The molecule has 8 nitrogen and oxygen atoms in total. The Bertz CT molecular complexity index is 5730. The molecule has 18 aromatic rings. The van der Waals surface area contributed by atoms with Crippen LogP contribution in [0.3, 0.4) is 0 Å². The standard InChI is InChI=1S/C84H58N8/c1-51-26-34-76-66(42-51)58-18-8-12-22-72(58)89(76)80-46-56(30-32-62(80)64-38-40-85-49-82(64)91-74-24-14-10-20-60(74)68-44-53(3)28-36-78(68)91)70-48-71(88-84(87-70)55-16-6-5-7-17-55)57-31-33-63(81(47-57)90-73-23-13-9-19-59(73)67-43-52(2)27-35-77(67)90)65-39-41-86-50-83(65)92-75-25-15-11-21-61(75)69-45-54(4)29-37-79(69)92/h5-50H,1-4H3. The van der Waals surface area contributed by atoms with E-state index < -0.39 is 0 Å². The van der Waals surface area contributed by atoms with Crippen molar-refractivity contribution >= 4 is 87.2 Å². The maximum atomic E-state index is 5.57. The van der Waals surface area contributed by atoms with Crippen molar-refractivity contribution in [2.75, 3.05) is 0 Å². The second kappa shape index (κ2) is 20.8. The first-order valence-corrected chi connectivity index (χ1v) is 31.4. The average Bonchev–Trinajstić information content (AvgIpc) is 1.59. The minimum Gasteiger partial charge on any atom is -0.309 e. The normalized spacial score (nSPS) is 11.9. The summed E-state index contributed by atoms with van der Waals surface area (Å²) in [5.41, 5.74) is 26.4. The molecule has 18 rings (SSSR count). The van der Waals surface area contributed by atoms with Gasteiger partial charge in [-0.1, -0.05) is 174 Å². The van der Waals surface area contributed by atoms with Gasteiger partial charge in [0, 0.05) is 94.4 Å². The number of pyridine rings is 2. The Labute approximate surface area is 530 Å².